The van der Waals surface area contributed by atoms with Gasteiger partial charge in [-0.05, 0) is 12.8 Å². The molecule has 0 spiro atoms. The maximum absolute atomic E-state index is 10.8. The number of carboxylic acid groups (broad SMARTS) is 1. The third-order valence-electron chi connectivity index (χ3n) is 3.06. The lowest BCUT2D eigenvalue weighted by atomic mass is 10.1. The molecule has 0 aliphatic rings. The van der Waals surface area contributed by atoms with Gasteiger partial charge in [-0.25, -0.2) is 14.8 Å². The van der Waals surface area contributed by atoms with Crippen LogP contribution < -0.4 is 4.90 Å². The highest BCUT2D eigenvalue weighted by Gasteiger charge is 2.18. The Morgan fingerprint density at radius 3 is 2.37 bits per heavy atom. The molecule has 0 radical (unpaired) electrons. The second-order valence-electron chi connectivity index (χ2n) is 4.23. The lowest BCUT2D eigenvalue weighted by molar-refractivity contribution is 0.0696. The molecule has 0 amide bonds. The minimum Gasteiger partial charge on any atom is -0.478 e. The van der Waals surface area contributed by atoms with Crippen molar-refractivity contribution in [1.82, 2.24) is 9.97 Å². The molecule has 1 rings (SSSR count). The zero-order valence-electron chi connectivity index (χ0n) is 11.7. The van der Waals surface area contributed by atoms with Crippen molar-refractivity contribution in [3.05, 3.63) is 18.0 Å². The molecule has 19 heavy (non-hydrogen) atoms. The first kappa shape index (κ1) is 15.4. The fourth-order valence-corrected chi connectivity index (χ4v) is 1.94. The van der Waals surface area contributed by atoms with Crippen molar-refractivity contribution in [3.8, 4) is 0 Å². The smallest absolute Gasteiger partial charge is 0.338 e. The fourth-order valence-electron chi connectivity index (χ4n) is 1.94. The fraction of sp³-hybridized carbons (Fsp3) is 0.615. The number of nitrogens with zero attached hydrogens (tertiary/aromatic N) is 3. The Morgan fingerprint density at radius 1 is 1.37 bits per heavy atom. The van der Waals surface area contributed by atoms with Gasteiger partial charge in [-0.2, -0.15) is 0 Å². The van der Waals surface area contributed by atoms with Gasteiger partial charge >= 0.3 is 5.97 Å². The van der Waals surface area contributed by atoms with Crippen molar-refractivity contribution < 1.29 is 14.6 Å². The first-order valence-electron chi connectivity index (χ1n) is 6.44. The highest BCUT2D eigenvalue weighted by molar-refractivity contribution is 5.86. The third kappa shape index (κ3) is 4.17. The number of methoxy groups -OCH3 is 1. The van der Waals surface area contributed by atoms with Gasteiger partial charge < -0.3 is 14.7 Å². The van der Waals surface area contributed by atoms with E-state index in [1.165, 1.54) is 12.4 Å². The summed E-state index contributed by atoms with van der Waals surface area (Å²) in [7, 11) is 1.65. The van der Waals surface area contributed by atoms with E-state index in [0.717, 1.165) is 12.8 Å². The Balaban J connectivity index is 2.92. The molecule has 0 saturated carbocycles. The van der Waals surface area contributed by atoms with Crippen molar-refractivity contribution in [1.29, 1.82) is 0 Å². The average molecular weight is 267 g/mol. The van der Waals surface area contributed by atoms with Crippen LogP contribution in [0.25, 0.3) is 0 Å². The summed E-state index contributed by atoms with van der Waals surface area (Å²) in [5.74, 6) is -0.465. The normalized spacial score (nSPS) is 10.7. The van der Waals surface area contributed by atoms with Crippen LogP contribution in [0, 0.1) is 0 Å². The Kier molecular flexibility index (Phi) is 6.21. The van der Waals surface area contributed by atoms with Gasteiger partial charge in [0, 0.05) is 32.1 Å². The summed E-state index contributed by atoms with van der Waals surface area (Å²) >= 11 is 0. The van der Waals surface area contributed by atoms with E-state index in [1.807, 2.05) is 0 Å². The number of aromatic nitrogens is 2. The van der Waals surface area contributed by atoms with Crippen molar-refractivity contribution in [2.75, 3.05) is 25.2 Å². The van der Waals surface area contributed by atoms with Crippen molar-refractivity contribution in [2.45, 2.75) is 32.7 Å². The summed E-state index contributed by atoms with van der Waals surface area (Å²) in [6.45, 7) is 5.50. The molecular formula is C13H21N3O3. The van der Waals surface area contributed by atoms with Crippen LogP contribution in [-0.2, 0) is 4.74 Å². The quantitative estimate of drug-likeness (QED) is 0.774. The Labute approximate surface area is 113 Å². The lowest BCUT2D eigenvalue weighted by Gasteiger charge is -2.30. The van der Waals surface area contributed by atoms with E-state index < -0.39 is 5.97 Å². The molecule has 1 aromatic heterocycles. The van der Waals surface area contributed by atoms with E-state index in [2.05, 4.69) is 28.7 Å². The van der Waals surface area contributed by atoms with E-state index in [4.69, 9.17) is 9.84 Å². The second-order valence-corrected chi connectivity index (χ2v) is 4.23. The molecule has 0 aromatic carbocycles. The number of carbonyl (C=O) groups is 1. The van der Waals surface area contributed by atoms with Gasteiger partial charge in [0.1, 0.15) is 0 Å². The van der Waals surface area contributed by atoms with E-state index in [0.29, 0.717) is 25.1 Å². The number of ether oxygens (including phenoxy) is 1. The van der Waals surface area contributed by atoms with E-state index in [-0.39, 0.29) is 5.56 Å². The molecule has 6 heteroatoms. The second kappa shape index (κ2) is 7.68. The van der Waals surface area contributed by atoms with Crippen LogP contribution in [-0.4, -0.2) is 47.3 Å². The van der Waals surface area contributed by atoms with Gasteiger partial charge in [-0.1, -0.05) is 13.8 Å². The Morgan fingerprint density at radius 2 is 1.95 bits per heavy atom. The van der Waals surface area contributed by atoms with Crippen LogP contribution in [0.3, 0.4) is 0 Å². The van der Waals surface area contributed by atoms with Crippen molar-refractivity contribution in [3.63, 3.8) is 0 Å². The summed E-state index contributed by atoms with van der Waals surface area (Å²) in [6.07, 6.45) is 4.63. The summed E-state index contributed by atoms with van der Waals surface area (Å²) in [5.41, 5.74) is 0.0972. The molecule has 6 nitrogen and oxygen atoms in total. The molecule has 0 unspecified atom stereocenters. The molecule has 1 heterocycles. The molecule has 1 N–H and O–H groups in total. The lowest BCUT2D eigenvalue weighted by Crippen LogP contribution is -2.38. The monoisotopic (exact) mass is 267 g/mol. The molecule has 0 atom stereocenters. The number of anilines is 1. The molecule has 0 aliphatic carbocycles. The van der Waals surface area contributed by atoms with Gasteiger partial charge in [0.15, 0.2) is 0 Å². The van der Waals surface area contributed by atoms with E-state index in [9.17, 15) is 4.79 Å². The van der Waals surface area contributed by atoms with Crippen LogP contribution in [0.15, 0.2) is 12.4 Å². The van der Waals surface area contributed by atoms with Gasteiger partial charge in [0.25, 0.3) is 0 Å². The van der Waals surface area contributed by atoms with Crippen LogP contribution in [0.4, 0.5) is 5.95 Å². The number of aromatic carboxylic acids is 1. The SMILES string of the molecule is CCC(CC)N(CCOC)c1ncc(C(=O)O)cn1. The first-order chi connectivity index (χ1) is 9.13. The van der Waals surface area contributed by atoms with E-state index in [1.54, 1.807) is 7.11 Å². The zero-order chi connectivity index (χ0) is 14.3. The van der Waals surface area contributed by atoms with Crippen LogP contribution >= 0.6 is 0 Å². The van der Waals surface area contributed by atoms with Crippen LogP contribution in [0.2, 0.25) is 0 Å². The molecule has 0 bridgehead atoms. The number of hydrogen-bond acceptors (Lipinski definition) is 5. The first-order valence-corrected chi connectivity index (χ1v) is 6.44. The van der Waals surface area contributed by atoms with Crippen LogP contribution in [0.1, 0.15) is 37.0 Å². The Hall–Kier alpha value is -1.69. The standard InChI is InChI=1S/C13H21N3O3/c1-4-11(5-2)16(6-7-19-3)13-14-8-10(9-15-13)12(17)18/h8-9,11H,4-7H2,1-3H3,(H,17,18). The van der Waals surface area contributed by atoms with Gasteiger partial charge in [0.2, 0.25) is 5.95 Å². The Bertz CT molecular complexity index is 391. The topological polar surface area (TPSA) is 75.5 Å². The highest BCUT2D eigenvalue weighted by Crippen LogP contribution is 2.15. The summed E-state index contributed by atoms with van der Waals surface area (Å²) in [5, 5.41) is 8.84. The van der Waals surface area contributed by atoms with Crippen molar-refractivity contribution in [2.24, 2.45) is 0 Å². The van der Waals surface area contributed by atoms with Crippen LogP contribution in [0.5, 0.6) is 0 Å². The third-order valence-corrected chi connectivity index (χ3v) is 3.06. The predicted molar refractivity (Wildman–Crippen MR) is 72.6 cm³/mol. The van der Waals surface area contributed by atoms with Gasteiger partial charge in [-0.3, -0.25) is 0 Å². The molecule has 0 saturated heterocycles. The van der Waals surface area contributed by atoms with Gasteiger partial charge in [0.05, 0.1) is 12.2 Å². The minimum atomic E-state index is -1.02. The predicted octanol–water partition coefficient (Wildman–Crippen LogP) is 1.82. The maximum Gasteiger partial charge on any atom is 0.338 e. The maximum atomic E-state index is 10.8. The number of hydrogen-bond donors (Lipinski definition) is 1. The van der Waals surface area contributed by atoms with E-state index >= 15 is 0 Å². The summed E-state index contributed by atoms with van der Waals surface area (Å²) < 4.78 is 5.10. The van der Waals surface area contributed by atoms with Gasteiger partial charge in [-0.15, -0.1) is 0 Å². The zero-order valence-corrected chi connectivity index (χ0v) is 11.7. The molecule has 0 aliphatic heterocycles. The number of rotatable bonds is 8. The number of carboxylic acids is 1. The molecular weight excluding hydrogens is 246 g/mol. The molecule has 0 fully saturated rings. The summed E-state index contributed by atoms with van der Waals surface area (Å²) in [4.78, 5) is 21.1. The van der Waals surface area contributed by atoms with Crippen molar-refractivity contribution >= 4 is 11.9 Å². The minimum absolute atomic E-state index is 0.0972. The highest BCUT2D eigenvalue weighted by atomic mass is 16.5. The summed E-state index contributed by atoms with van der Waals surface area (Å²) in [6, 6.07) is 0.325. The largest absolute Gasteiger partial charge is 0.478 e. The molecule has 1 aromatic rings. The molecule has 106 valence electrons. The average Bonchev–Trinajstić information content (AvgIpc) is 2.43.